The van der Waals surface area contributed by atoms with Crippen LogP contribution in [0.15, 0.2) is 42.5 Å². The summed E-state index contributed by atoms with van der Waals surface area (Å²) in [5.41, 5.74) is 2.57. The Morgan fingerprint density at radius 1 is 0.840 bits per heavy atom. The molecule has 0 atom stereocenters. The third-order valence-electron chi connectivity index (χ3n) is 4.82. The molecule has 2 heterocycles. The van der Waals surface area contributed by atoms with Gasteiger partial charge in [-0.25, -0.2) is 0 Å². The Hall–Kier alpha value is -1.75. The zero-order chi connectivity index (χ0) is 17.1. The number of hydrogen-bond acceptors (Lipinski definition) is 4. The van der Waals surface area contributed by atoms with Gasteiger partial charge in [0.1, 0.15) is 0 Å². The average molecular weight is 359 g/mol. The maximum absolute atomic E-state index is 6.31. The van der Waals surface area contributed by atoms with Gasteiger partial charge in [-0.05, 0) is 42.8 Å². The predicted octanol–water partition coefficient (Wildman–Crippen LogP) is 3.78. The normalized spacial score (nSPS) is 18.3. The van der Waals surface area contributed by atoms with Crippen molar-refractivity contribution >= 4 is 11.6 Å². The minimum atomic E-state index is 0.261. The van der Waals surface area contributed by atoms with E-state index >= 15 is 0 Å². The van der Waals surface area contributed by atoms with Crippen molar-refractivity contribution in [1.82, 2.24) is 9.80 Å². The van der Waals surface area contributed by atoms with E-state index in [4.69, 9.17) is 21.1 Å². The quantitative estimate of drug-likeness (QED) is 0.830. The molecule has 2 aromatic carbocycles. The number of benzene rings is 2. The largest absolute Gasteiger partial charge is 0.454 e. The van der Waals surface area contributed by atoms with Crippen LogP contribution < -0.4 is 9.47 Å². The van der Waals surface area contributed by atoms with Crippen molar-refractivity contribution in [2.45, 2.75) is 19.5 Å². The Labute approximate surface area is 153 Å². The summed E-state index contributed by atoms with van der Waals surface area (Å²) in [6.45, 7) is 6.60. The Kier molecular flexibility index (Phi) is 5.11. The van der Waals surface area contributed by atoms with Crippen molar-refractivity contribution in [3.63, 3.8) is 0 Å². The highest BCUT2D eigenvalue weighted by molar-refractivity contribution is 6.32. The molecule has 4 rings (SSSR count). The highest BCUT2D eigenvalue weighted by Crippen LogP contribution is 2.40. The molecule has 0 unspecified atom stereocenters. The summed E-state index contributed by atoms with van der Waals surface area (Å²) >= 11 is 6.31. The second kappa shape index (κ2) is 7.65. The van der Waals surface area contributed by atoms with Crippen LogP contribution >= 0.6 is 11.6 Å². The van der Waals surface area contributed by atoms with Crippen LogP contribution in [-0.2, 0) is 13.1 Å². The number of ether oxygens (including phenoxy) is 2. The van der Waals surface area contributed by atoms with Gasteiger partial charge in [0.15, 0.2) is 11.5 Å². The van der Waals surface area contributed by atoms with E-state index in [2.05, 4.69) is 46.2 Å². The highest BCUT2D eigenvalue weighted by Gasteiger charge is 2.20. The monoisotopic (exact) mass is 358 g/mol. The van der Waals surface area contributed by atoms with Gasteiger partial charge in [0.05, 0.1) is 5.02 Å². The molecule has 1 fully saturated rings. The number of nitrogens with zero attached hydrogens (tertiary/aromatic N) is 2. The van der Waals surface area contributed by atoms with Gasteiger partial charge in [-0.3, -0.25) is 9.80 Å². The number of hydrogen-bond donors (Lipinski definition) is 0. The topological polar surface area (TPSA) is 24.9 Å². The minimum absolute atomic E-state index is 0.261. The lowest BCUT2D eigenvalue weighted by Crippen LogP contribution is -2.30. The molecule has 132 valence electrons. The predicted molar refractivity (Wildman–Crippen MR) is 99.2 cm³/mol. The molecule has 4 nitrogen and oxygen atoms in total. The van der Waals surface area contributed by atoms with Gasteiger partial charge in [0.25, 0.3) is 0 Å². The summed E-state index contributed by atoms with van der Waals surface area (Å²) in [4.78, 5) is 5.04. The van der Waals surface area contributed by atoms with Crippen LogP contribution in [0.4, 0.5) is 0 Å². The van der Waals surface area contributed by atoms with E-state index in [9.17, 15) is 0 Å². The molecular weight excluding hydrogens is 336 g/mol. The van der Waals surface area contributed by atoms with Crippen LogP contribution in [0.25, 0.3) is 0 Å². The van der Waals surface area contributed by atoms with Crippen molar-refractivity contribution in [3.8, 4) is 11.5 Å². The summed E-state index contributed by atoms with van der Waals surface area (Å²) in [6.07, 6.45) is 1.19. The third-order valence-corrected chi connectivity index (χ3v) is 5.10. The first-order valence-electron chi connectivity index (χ1n) is 8.84. The third kappa shape index (κ3) is 4.09. The van der Waals surface area contributed by atoms with Gasteiger partial charge in [-0.15, -0.1) is 0 Å². The van der Waals surface area contributed by atoms with E-state index in [1.54, 1.807) is 0 Å². The van der Waals surface area contributed by atoms with Crippen molar-refractivity contribution in [2.75, 3.05) is 33.0 Å². The van der Waals surface area contributed by atoms with Crippen LogP contribution in [0, 0.1) is 0 Å². The number of halogens is 1. The Morgan fingerprint density at radius 3 is 2.32 bits per heavy atom. The standard InChI is InChI=1S/C20H23ClN2O2/c21-18-11-17(12-19-20(18)25-15-24-19)14-23-8-4-7-22(9-10-23)13-16-5-2-1-3-6-16/h1-3,5-6,11-12H,4,7-10,13-15H2. The SMILES string of the molecule is Clc1cc(CN2CCCN(Cc3ccccc3)CC2)cc2c1OCO2. The first-order valence-corrected chi connectivity index (χ1v) is 9.22. The maximum atomic E-state index is 6.31. The van der Waals surface area contributed by atoms with Crippen molar-refractivity contribution in [1.29, 1.82) is 0 Å². The van der Waals surface area contributed by atoms with E-state index in [-0.39, 0.29) is 6.79 Å². The molecule has 2 aromatic rings. The molecule has 2 aliphatic rings. The lowest BCUT2D eigenvalue weighted by atomic mass is 10.2. The lowest BCUT2D eigenvalue weighted by molar-refractivity contribution is 0.174. The molecular formula is C20H23ClN2O2. The lowest BCUT2D eigenvalue weighted by Gasteiger charge is -2.22. The fourth-order valence-corrected chi connectivity index (χ4v) is 3.84. The van der Waals surface area contributed by atoms with Gasteiger partial charge >= 0.3 is 0 Å². The summed E-state index contributed by atoms with van der Waals surface area (Å²) < 4.78 is 10.9. The van der Waals surface area contributed by atoms with Crippen molar-refractivity contribution in [2.24, 2.45) is 0 Å². The van der Waals surface area contributed by atoms with E-state index in [0.29, 0.717) is 10.8 Å². The minimum Gasteiger partial charge on any atom is -0.454 e. The van der Waals surface area contributed by atoms with E-state index in [0.717, 1.165) is 45.0 Å². The van der Waals surface area contributed by atoms with Gasteiger partial charge < -0.3 is 9.47 Å². The fraction of sp³-hybridized carbons (Fsp3) is 0.400. The zero-order valence-electron chi connectivity index (χ0n) is 14.3. The second-order valence-electron chi connectivity index (χ2n) is 6.70. The van der Waals surface area contributed by atoms with Gasteiger partial charge in [-0.1, -0.05) is 41.9 Å². The first kappa shape index (κ1) is 16.7. The van der Waals surface area contributed by atoms with Crippen LogP contribution in [0.1, 0.15) is 17.5 Å². The van der Waals surface area contributed by atoms with Gasteiger partial charge in [0.2, 0.25) is 6.79 Å². The van der Waals surface area contributed by atoms with Crippen molar-refractivity contribution < 1.29 is 9.47 Å². The average Bonchev–Trinajstić information content (AvgIpc) is 2.99. The summed E-state index contributed by atoms with van der Waals surface area (Å²) in [6, 6.07) is 14.8. The fourth-order valence-electron chi connectivity index (χ4n) is 3.55. The summed E-state index contributed by atoms with van der Waals surface area (Å²) in [5.74, 6) is 1.44. The van der Waals surface area contributed by atoms with Crippen LogP contribution in [0.2, 0.25) is 5.02 Å². The second-order valence-corrected chi connectivity index (χ2v) is 7.11. The number of rotatable bonds is 4. The van der Waals surface area contributed by atoms with Gasteiger partial charge in [0, 0.05) is 26.2 Å². The van der Waals surface area contributed by atoms with Crippen LogP contribution in [0.3, 0.4) is 0 Å². The maximum Gasteiger partial charge on any atom is 0.231 e. The molecule has 0 N–H and O–H groups in total. The smallest absolute Gasteiger partial charge is 0.231 e. The van der Waals surface area contributed by atoms with E-state index < -0.39 is 0 Å². The van der Waals surface area contributed by atoms with Crippen LogP contribution in [0.5, 0.6) is 11.5 Å². The molecule has 0 amide bonds. The molecule has 5 heteroatoms. The van der Waals surface area contributed by atoms with E-state index in [1.807, 2.05) is 6.07 Å². The molecule has 0 radical (unpaired) electrons. The Morgan fingerprint density at radius 2 is 1.56 bits per heavy atom. The molecule has 0 aromatic heterocycles. The van der Waals surface area contributed by atoms with E-state index in [1.165, 1.54) is 17.5 Å². The molecule has 0 aliphatic carbocycles. The summed E-state index contributed by atoms with van der Waals surface area (Å²) in [7, 11) is 0. The van der Waals surface area contributed by atoms with Gasteiger partial charge in [-0.2, -0.15) is 0 Å². The molecule has 0 bridgehead atoms. The zero-order valence-corrected chi connectivity index (χ0v) is 15.0. The Balaban J connectivity index is 1.36. The highest BCUT2D eigenvalue weighted by atomic mass is 35.5. The molecule has 0 saturated carbocycles. The molecule has 1 saturated heterocycles. The number of fused-ring (bicyclic) bond motifs is 1. The van der Waals surface area contributed by atoms with Crippen LogP contribution in [-0.4, -0.2) is 42.8 Å². The first-order chi connectivity index (χ1) is 12.3. The Bertz CT molecular complexity index is 723. The van der Waals surface area contributed by atoms with Crippen molar-refractivity contribution in [3.05, 3.63) is 58.6 Å². The summed E-state index contributed by atoms with van der Waals surface area (Å²) in [5, 5.41) is 0.644. The molecule has 0 spiro atoms. The molecule has 2 aliphatic heterocycles. The molecule has 25 heavy (non-hydrogen) atoms.